The highest BCUT2D eigenvalue weighted by Crippen LogP contribution is 2.42. The molecule has 4 amide bonds. The van der Waals surface area contributed by atoms with Crippen molar-refractivity contribution in [1.29, 1.82) is 0 Å². The fraction of sp³-hybridized carbons (Fsp3) is 0.348. The molecule has 0 saturated carbocycles. The molecule has 6 aromatic rings. The van der Waals surface area contributed by atoms with Gasteiger partial charge in [0.05, 0.1) is 52.7 Å². The summed E-state index contributed by atoms with van der Waals surface area (Å²) in [6, 6.07) is 12.8. The summed E-state index contributed by atoms with van der Waals surface area (Å²) in [5.41, 5.74) is 2.75. The van der Waals surface area contributed by atoms with Crippen molar-refractivity contribution in [2.45, 2.75) is 77.0 Å². The number of aromatic nitrogens is 8. The minimum absolute atomic E-state index is 0.0214. The van der Waals surface area contributed by atoms with Crippen LogP contribution in [0.5, 0.6) is 11.8 Å². The Bertz CT molecular complexity index is 2860. The third-order valence-corrected chi connectivity index (χ3v) is 12.9. The van der Waals surface area contributed by atoms with Crippen LogP contribution in [-0.4, -0.2) is 122 Å². The molecule has 20 nitrogen and oxygen atoms in total. The number of nitrogens with zero attached hydrogens (tertiary/aromatic N) is 12. The number of fused-ring (bicyclic) bond motifs is 8. The van der Waals surface area contributed by atoms with Crippen LogP contribution in [0.4, 0.5) is 61.8 Å². The van der Waals surface area contributed by atoms with Gasteiger partial charge >= 0.3 is 32.4 Å². The highest BCUT2D eigenvalue weighted by atomic mass is 35.5. The molecular weight excluding hydrogens is 967 g/mol. The number of halogens is 5. The summed E-state index contributed by atoms with van der Waals surface area (Å²) in [6.45, 7) is 5.21. The van der Waals surface area contributed by atoms with Gasteiger partial charge in [-0.05, 0) is 70.9 Å². The van der Waals surface area contributed by atoms with Gasteiger partial charge in [0.15, 0.2) is 23.3 Å². The maximum absolute atomic E-state index is 13.1. The van der Waals surface area contributed by atoms with Gasteiger partial charge in [-0.1, -0.05) is 17.7 Å². The molecule has 3 saturated heterocycles. The summed E-state index contributed by atoms with van der Waals surface area (Å²) >= 11 is 6.01. The fourth-order valence-corrected chi connectivity index (χ4v) is 8.65. The minimum Gasteiger partial charge on any atom is -0.417 e. The first-order valence-corrected chi connectivity index (χ1v) is 23.0. The number of rotatable bonds is 8. The van der Waals surface area contributed by atoms with Crippen molar-refractivity contribution in [2.75, 3.05) is 56.4 Å². The van der Waals surface area contributed by atoms with Crippen molar-refractivity contribution in [1.82, 2.24) is 39.9 Å². The maximum atomic E-state index is 13.1. The molecule has 4 bridgehead atoms. The number of nitrogens with one attached hydrogen (secondary N) is 2. The molecule has 0 aliphatic carbocycles. The Morgan fingerprint density at radius 2 is 1.18 bits per heavy atom. The standard InChI is InChI=1S/C20H17F2N7O2.C14H13ClN6O.C12H16BF2NO3/c21-19(22)31-17-4-1-12(9-25-17)14-2-3-15-18(26-14)29(13-5-8-28(15)11-13)20(30)27-16-10-23-6-7-24-16;15-11-2-1-10-13(18-11)21(9-3-6-20(10)8-9)14(22)19-12-7-16-4-5-17-12;1-11(2)12(3,4)19-13(18-11)8-5-6-9(16-7-8)17-10(14)15/h1-4,6-7,9-10,13,19H,5,8,11H2,(H,24,27,30);1-2,4-5,7,9H,3,6,8H2,(H,17,19,22);5-7,10H,1-4H3/t13-;9-;/m00./s1. The number of ether oxygens (including phenoxy) is 2. The zero-order valence-corrected chi connectivity index (χ0v) is 39.8. The van der Waals surface area contributed by atoms with E-state index in [0.29, 0.717) is 45.1 Å². The van der Waals surface area contributed by atoms with Crippen molar-refractivity contribution in [3.63, 3.8) is 0 Å². The number of alkyl halides is 4. The third-order valence-electron chi connectivity index (χ3n) is 12.6. The monoisotopic (exact) mass is 1010 g/mol. The van der Waals surface area contributed by atoms with Gasteiger partial charge in [-0.3, -0.25) is 30.4 Å². The lowest BCUT2D eigenvalue weighted by Crippen LogP contribution is -2.48. The molecule has 72 heavy (non-hydrogen) atoms. The molecule has 2 N–H and O–H groups in total. The quantitative estimate of drug-likeness (QED) is 0.0870. The smallest absolute Gasteiger partial charge is 0.417 e. The van der Waals surface area contributed by atoms with Crippen LogP contribution in [0.1, 0.15) is 40.5 Å². The Hall–Kier alpha value is -7.51. The number of carbonyl (C=O) groups is 2. The second-order valence-electron chi connectivity index (χ2n) is 17.7. The average Bonchev–Trinajstić information content (AvgIpc) is 4.03. The van der Waals surface area contributed by atoms with Crippen molar-refractivity contribution >= 4 is 70.9 Å². The van der Waals surface area contributed by atoms with E-state index >= 15 is 0 Å². The molecule has 374 valence electrons. The summed E-state index contributed by atoms with van der Waals surface area (Å²) in [4.78, 5) is 66.4. The number of urea groups is 2. The number of anilines is 6. The van der Waals surface area contributed by atoms with E-state index in [4.69, 9.17) is 25.9 Å². The number of hydrogen-bond donors (Lipinski definition) is 2. The highest BCUT2D eigenvalue weighted by molar-refractivity contribution is 6.62. The van der Waals surface area contributed by atoms with Gasteiger partial charge in [0.1, 0.15) is 5.15 Å². The van der Waals surface area contributed by atoms with Gasteiger partial charge in [0.2, 0.25) is 11.8 Å². The lowest BCUT2D eigenvalue weighted by atomic mass is 9.80. The molecule has 11 rings (SSSR count). The SMILES string of the molecule is CC1(C)OB(c2ccc(OC(F)F)nc2)OC1(C)C.O=C(Nc1cnccn1)N1c2nc(-c3ccc(OC(F)F)nc3)ccc2N2CC[C@H]1C2.O=C(Nc1cnccn1)N1c2nc(Cl)ccc2N2CC[C@H]1C2. The van der Waals surface area contributed by atoms with Gasteiger partial charge in [0.25, 0.3) is 0 Å². The summed E-state index contributed by atoms with van der Waals surface area (Å²) in [6.07, 6.45) is 13.7. The van der Waals surface area contributed by atoms with Crippen LogP contribution in [0.2, 0.25) is 5.15 Å². The normalized spacial score (nSPS) is 18.6. The second-order valence-corrected chi connectivity index (χ2v) is 18.1. The van der Waals surface area contributed by atoms with E-state index in [1.54, 1.807) is 34.2 Å². The van der Waals surface area contributed by atoms with Gasteiger partial charge in [0, 0.05) is 86.5 Å². The van der Waals surface area contributed by atoms with Crippen molar-refractivity contribution in [2.24, 2.45) is 0 Å². The first-order valence-electron chi connectivity index (χ1n) is 22.6. The van der Waals surface area contributed by atoms with Gasteiger partial charge in [-0.2, -0.15) is 17.6 Å². The Kier molecular flexibility index (Phi) is 14.2. The van der Waals surface area contributed by atoms with Crippen LogP contribution in [0.25, 0.3) is 11.3 Å². The predicted molar refractivity (Wildman–Crippen MR) is 258 cm³/mol. The van der Waals surface area contributed by atoms with E-state index in [2.05, 4.69) is 64.8 Å². The first-order chi connectivity index (χ1) is 34.5. The first kappa shape index (κ1) is 49.5. The molecule has 6 aromatic heterocycles. The summed E-state index contributed by atoms with van der Waals surface area (Å²) in [5.74, 6) is 1.59. The van der Waals surface area contributed by atoms with Gasteiger partial charge < -0.3 is 28.6 Å². The molecule has 5 aliphatic rings. The lowest BCUT2D eigenvalue weighted by molar-refractivity contribution is -0.0535. The van der Waals surface area contributed by atoms with Crippen LogP contribution in [0.15, 0.2) is 98.1 Å². The molecular formula is C46H46BClF4N14O6. The van der Waals surface area contributed by atoms with Crippen LogP contribution >= 0.6 is 11.6 Å². The Morgan fingerprint density at radius 1 is 0.667 bits per heavy atom. The van der Waals surface area contributed by atoms with Crippen LogP contribution < -0.4 is 45.2 Å². The van der Waals surface area contributed by atoms with Crippen molar-refractivity contribution in [3.05, 3.63) is 103 Å². The molecule has 11 heterocycles. The number of amides is 4. The van der Waals surface area contributed by atoms with Crippen LogP contribution in [0.3, 0.4) is 0 Å². The number of pyridine rings is 4. The summed E-state index contributed by atoms with van der Waals surface area (Å²) in [5, 5.41) is 5.92. The van der Waals surface area contributed by atoms with Crippen LogP contribution in [0, 0.1) is 0 Å². The molecule has 3 fully saturated rings. The van der Waals surface area contributed by atoms with E-state index in [0.717, 1.165) is 50.4 Å². The topological polar surface area (TPSA) is 211 Å². The molecule has 0 radical (unpaired) electrons. The largest absolute Gasteiger partial charge is 0.496 e. The third kappa shape index (κ3) is 10.9. The van der Waals surface area contributed by atoms with E-state index in [1.165, 1.54) is 55.5 Å². The van der Waals surface area contributed by atoms with E-state index in [1.807, 2.05) is 45.9 Å². The number of carbonyl (C=O) groups excluding carboxylic acids is 2. The molecule has 0 unspecified atom stereocenters. The summed E-state index contributed by atoms with van der Waals surface area (Å²) in [7, 11) is -0.557. The summed E-state index contributed by atoms with van der Waals surface area (Å²) < 4.78 is 68.9. The zero-order chi connectivity index (χ0) is 50.7. The van der Waals surface area contributed by atoms with Crippen LogP contribution in [-0.2, 0) is 9.31 Å². The molecule has 0 aromatic carbocycles. The number of hydrogen-bond acceptors (Lipinski definition) is 16. The Balaban J connectivity index is 0.000000138. The maximum Gasteiger partial charge on any atom is 0.496 e. The minimum atomic E-state index is -2.94. The lowest BCUT2D eigenvalue weighted by Gasteiger charge is -2.35. The van der Waals surface area contributed by atoms with Crippen molar-refractivity contribution in [3.8, 4) is 23.0 Å². The predicted octanol–water partition coefficient (Wildman–Crippen LogP) is 7.30. The molecule has 5 aliphatic heterocycles. The van der Waals surface area contributed by atoms with E-state index in [-0.39, 0.29) is 35.9 Å². The van der Waals surface area contributed by atoms with Crippen molar-refractivity contribution < 1.29 is 45.9 Å². The van der Waals surface area contributed by atoms with Gasteiger partial charge in [-0.15, -0.1) is 0 Å². The Morgan fingerprint density at radius 3 is 1.65 bits per heavy atom. The van der Waals surface area contributed by atoms with E-state index < -0.39 is 31.5 Å². The average molecular weight is 1010 g/mol. The molecule has 2 atom stereocenters. The molecule has 0 spiro atoms. The molecule has 26 heteroatoms. The fourth-order valence-electron chi connectivity index (χ4n) is 8.51. The van der Waals surface area contributed by atoms with E-state index in [9.17, 15) is 27.2 Å². The zero-order valence-electron chi connectivity index (χ0n) is 39.1. The Labute approximate surface area is 415 Å². The van der Waals surface area contributed by atoms with Gasteiger partial charge in [-0.25, -0.2) is 39.5 Å². The second kappa shape index (κ2) is 20.7. The highest BCUT2D eigenvalue weighted by Gasteiger charge is 2.52.